The number of fused-ring (bicyclic) bond motifs is 1. The van der Waals surface area contributed by atoms with Crippen molar-refractivity contribution in [3.05, 3.63) is 50.7 Å². The number of thioether (sulfide) groups is 2. The quantitative estimate of drug-likeness (QED) is 0.192. The van der Waals surface area contributed by atoms with Crippen LogP contribution in [0.5, 0.6) is 0 Å². The number of hydrogen-bond acceptors (Lipinski definition) is 7. The molecule has 0 bridgehead atoms. The Morgan fingerprint density at radius 3 is 2.33 bits per heavy atom. The maximum Gasteiger partial charge on any atom is 0.453 e. The number of carbonyl (C=O) groups excluding carboxylic acids is 1. The molecule has 1 aromatic rings. The smallest absolute Gasteiger partial charge is 0.453 e. The SMILES string of the molecule is Cc1ccc(S(=O)(=O)N=C2NC(=O)N3C2=C(SCCCCC(F)(F)C(F)(F)F)S/C(=C\C(=O)O)C3C(=O)O)cc1. The van der Waals surface area contributed by atoms with Crippen molar-refractivity contribution in [2.45, 2.75) is 49.2 Å². The van der Waals surface area contributed by atoms with Gasteiger partial charge in [0.2, 0.25) is 0 Å². The van der Waals surface area contributed by atoms with E-state index in [0.29, 0.717) is 22.7 Å². The molecule has 2 amide bonds. The molecule has 1 aromatic carbocycles. The lowest BCUT2D eigenvalue weighted by atomic mass is 10.1. The standard InChI is InChI=1S/C22H20F5N3O7S3/c1-11-4-6-12(7-5-11)40(36,37)29-17-16-19(38-9-3-2-8-21(23,24)22(25,26)27)39-13(10-14(31)32)15(18(33)34)30(16)20(35)28-17/h4-7,10,15H,2-3,8-9H2,1H3,(H,31,32)(H,33,34)(H,28,29,35)/b13-10-. The molecule has 1 unspecified atom stereocenters. The van der Waals surface area contributed by atoms with Gasteiger partial charge in [0.15, 0.2) is 11.9 Å². The highest BCUT2D eigenvalue weighted by molar-refractivity contribution is 8.24. The van der Waals surface area contributed by atoms with Crippen LogP contribution in [0.2, 0.25) is 0 Å². The number of rotatable bonds is 10. The molecule has 10 nitrogen and oxygen atoms in total. The molecule has 2 heterocycles. The highest BCUT2D eigenvalue weighted by atomic mass is 32.2. The Hall–Kier alpha value is -3.12. The summed E-state index contributed by atoms with van der Waals surface area (Å²) in [6.07, 6.45) is -7.38. The van der Waals surface area contributed by atoms with Crippen LogP contribution >= 0.6 is 23.5 Å². The zero-order valence-electron chi connectivity index (χ0n) is 20.2. The van der Waals surface area contributed by atoms with Crippen molar-refractivity contribution in [1.82, 2.24) is 10.2 Å². The number of nitrogens with zero attached hydrogens (tertiary/aromatic N) is 2. The molecule has 3 N–H and O–H groups in total. The normalized spacial score (nSPS) is 20.2. The van der Waals surface area contributed by atoms with Gasteiger partial charge in [-0.15, -0.1) is 16.2 Å². The van der Waals surface area contributed by atoms with Gasteiger partial charge in [-0.25, -0.2) is 14.4 Å². The van der Waals surface area contributed by atoms with Crippen LogP contribution in [0.1, 0.15) is 24.8 Å². The minimum atomic E-state index is -5.71. The number of hydrogen-bond donors (Lipinski definition) is 3. The van der Waals surface area contributed by atoms with E-state index >= 15 is 0 Å². The van der Waals surface area contributed by atoms with Gasteiger partial charge in [0.1, 0.15) is 5.70 Å². The monoisotopic (exact) mass is 629 g/mol. The van der Waals surface area contributed by atoms with E-state index in [2.05, 4.69) is 9.71 Å². The molecule has 18 heteroatoms. The Balaban J connectivity index is 2.00. The average Bonchev–Trinajstić information content (AvgIpc) is 3.12. The van der Waals surface area contributed by atoms with Gasteiger partial charge in [0, 0.05) is 17.4 Å². The zero-order chi connectivity index (χ0) is 30.0. The van der Waals surface area contributed by atoms with Crippen LogP contribution in [0.25, 0.3) is 0 Å². The van der Waals surface area contributed by atoms with E-state index in [9.17, 15) is 55.0 Å². The second-order valence-electron chi connectivity index (χ2n) is 8.40. The number of sulfonamides is 1. The molecular weight excluding hydrogens is 609 g/mol. The van der Waals surface area contributed by atoms with Crippen molar-refractivity contribution in [2.24, 2.45) is 4.40 Å². The summed E-state index contributed by atoms with van der Waals surface area (Å²) in [6.45, 7) is 1.71. The van der Waals surface area contributed by atoms with Crippen LogP contribution in [-0.4, -0.2) is 71.2 Å². The number of nitrogens with one attached hydrogen (secondary N) is 1. The Morgan fingerprint density at radius 2 is 1.77 bits per heavy atom. The van der Waals surface area contributed by atoms with E-state index in [-0.39, 0.29) is 31.9 Å². The van der Waals surface area contributed by atoms with E-state index in [0.717, 1.165) is 17.3 Å². The van der Waals surface area contributed by atoms with E-state index < -0.39 is 64.8 Å². The van der Waals surface area contributed by atoms with Crippen LogP contribution in [-0.2, 0) is 19.6 Å². The van der Waals surface area contributed by atoms with Crippen LogP contribution in [0, 0.1) is 6.92 Å². The number of unbranched alkanes of at least 4 members (excludes halogenated alkanes) is 1. The first-order valence-corrected chi connectivity index (χ1v) is 14.4. The first-order valence-electron chi connectivity index (χ1n) is 11.1. The topological polar surface area (TPSA) is 153 Å². The predicted molar refractivity (Wildman–Crippen MR) is 135 cm³/mol. The van der Waals surface area contributed by atoms with E-state index in [4.69, 9.17) is 0 Å². The molecule has 0 aliphatic carbocycles. The van der Waals surface area contributed by atoms with Gasteiger partial charge in [0.25, 0.3) is 10.0 Å². The highest BCUT2D eigenvalue weighted by Gasteiger charge is 2.56. The number of alkyl halides is 5. The fourth-order valence-corrected chi connectivity index (χ4v) is 7.06. The van der Waals surface area contributed by atoms with Gasteiger partial charge in [-0.05, 0) is 37.7 Å². The third-order valence-electron chi connectivity index (χ3n) is 5.40. The fourth-order valence-electron chi connectivity index (χ4n) is 3.48. The van der Waals surface area contributed by atoms with E-state index in [1.165, 1.54) is 24.3 Å². The van der Waals surface area contributed by atoms with Gasteiger partial charge in [-0.2, -0.15) is 30.4 Å². The second-order valence-corrected chi connectivity index (χ2v) is 12.5. The van der Waals surface area contributed by atoms with Crippen LogP contribution in [0.3, 0.4) is 0 Å². The number of amides is 2. The van der Waals surface area contributed by atoms with Gasteiger partial charge >= 0.3 is 30.1 Å². The molecule has 218 valence electrons. The van der Waals surface area contributed by atoms with Crippen molar-refractivity contribution in [2.75, 3.05) is 5.75 Å². The molecular formula is C22H20F5N3O7S3. The van der Waals surface area contributed by atoms with Crippen molar-refractivity contribution < 1.29 is 55.0 Å². The summed E-state index contributed by atoms with van der Waals surface area (Å²) in [6, 6.07) is 2.51. The van der Waals surface area contributed by atoms with Gasteiger partial charge in [-0.3, -0.25) is 10.2 Å². The maximum atomic E-state index is 13.2. The molecule has 1 saturated heterocycles. The van der Waals surface area contributed by atoms with Gasteiger partial charge in [0.05, 0.1) is 9.13 Å². The number of carboxylic acid groups (broad SMARTS) is 2. The highest BCUT2D eigenvalue weighted by Crippen LogP contribution is 2.48. The molecule has 2 aliphatic heterocycles. The zero-order valence-corrected chi connectivity index (χ0v) is 22.7. The third kappa shape index (κ3) is 6.95. The third-order valence-corrected chi connectivity index (χ3v) is 9.20. The Labute approximate surface area is 232 Å². The van der Waals surface area contributed by atoms with E-state index in [1.54, 1.807) is 6.92 Å². The summed E-state index contributed by atoms with van der Waals surface area (Å²) < 4.78 is 93.1. The number of amidine groups is 1. The summed E-state index contributed by atoms with van der Waals surface area (Å²) in [7, 11) is -4.44. The minimum Gasteiger partial charge on any atom is -0.479 e. The number of carboxylic acids is 2. The molecule has 1 fully saturated rings. The molecule has 3 rings (SSSR count). The predicted octanol–water partition coefficient (Wildman–Crippen LogP) is 4.55. The Morgan fingerprint density at radius 1 is 1.15 bits per heavy atom. The summed E-state index contributed by atoms with van der Waals surface area (Å²) in [5, 5.41) is 21.1. The van der Waals surface area contributed by atoms with Gasteiger partial charge in [-0.1, -0.05) is 29.5 Å². The first-order chi connectivity index (χ1) is 18.4. The molecule has 0 spiro atoms. The summed E-state index contributed by atoms with van der Waals surface area (Å²) in [5.41, 5.74) is 0.429. The summed E-state index contributed by atoms with van der Waals surface area (Å²) in [5.74, 6) is -8.77. The number of carbonyl (C=O) groups is 3. The number of aliphatic carboxylic acids is 2. The van der Waals surface area contributed by atoms with Crippen molar-refractivity contribution >= 4 is 57.4 Å². The number of urea groups is 1. The number of halogens is 5. The number of aryl methyl sites for hydroxylation is 1. The van der Waals surface area contributed by atoms with Crippen LogP contribution < -0.4 is 5.32 Å². The Kier molecular flexibility index (Phi) is 9.25. The van der Waals surface area contributed by atoms with Crippen molar-refractivity contribution in [3.8, 4) is 0 Å². The summed E-state index contributed by atoms with van der Waals surface area (Å²) >= 11 is 1.36. The van der Waals surface area contributed by atoms with E-state index in [1.807, 2.05) is 0 Å². The fraction of sp³-hybridized carbons (Fsp3) is 0.364. The van der Waals surface area contributed by atoms with Gasteiger partial charge < -0.3 is 10.2 Å². The lowest BCUT2D eigenvalue weighted by Gasteiger charge is -2.31. The lowest BCUT2D eigenvalue weighted by molar-refractivity contribution is -0.284. The Bertz CT molecular complexity index is 1410. The largest absolute Gasteiger partial charge is 0.479 e. The second kappa shape index (κ2) is 11.8. The van der Waals surface area contributed by atoms with Crippen LogP contribution in [0.15, 0.2) is 54.5 Å². The average molecular weight is 630 g/mol. The molecule has 2 aliphatic rings. The lowest BCUT2D eigenvalue weighted by Crippen LogP contribution is -2.45. The minimum absolute atomic E-state index is 0.0104. The van der Waals surface area contributed by atoms with Crippen LogP contribution in [0.4, 0.5) is 26.7 Å². The molecule has 0 radical (unpaired) electrons. The maximum absolute atomic E-state index is 13.2. The number of benzene rings is 1. The van der Waals surface area contributed by atoms with Crippen molar-refractivity contribution in [1.29, 1.82) is 0 Å². The summed E-state index contributed by atoms with van der Waals surface area (Å²) in [4.78, 5) is 36.2. The van der Waals surface area contributed by atoms with Crippen molar-refractivity contribution in [3.63, 3.8) is 0 Å². The first kappa shape index (κ1) is 31.4. The molecule has 1 atom stereocenters. The molecule has 0 aromatic heterocycles. The molecule has 40 heavy (non-hydrogen) atoms. The molecule has 0 saturated carbocycles.